The Balaban J connectivity index is 1.93. The third-order valence-electron chi connectivity index (χ3n) is 2.85. The van der Waals surface area contributed by atoms with E-state index in [0.29, 0.717) is 13.0 Å². The number of hydrogen-bond donors (Lipinski definition) is 2. The predicted molar refractivity (Wildman–Crippen MR) is 86.1 cm³/mol. The Hall–Kier alpha value is -2.29. The highest BCUT2D eigenvalue weighted by atomic mass is 32.1. The molecule has 2 aromatic rings. The molecule has 22 heavy (non-hydrogen) atoms. The highest BCUT2D eigenvalue weighted by molar-refractivity contribution is 7.09. The highest BCUT2D eigenvalue weighted by Crippen LogP contribution is 2.25. The smallest absolute Gasteiger partial charge is 0.329 e. The molecule has 0 spiro atoms. The Kier molecular flexibility index (Phi) is 4.55. The summed E-state index contributed by atoms with van der Waals surface area (Å²) in [5, 5.41) is 16.8. The maximum absolute atomic E-state index is 10.6. The van der Waals surface area contributed by atoms with E-state index in [4.69, 9.17) is 5.73 Å². The molecule has 0 amide bonds. The van der Waals surface area contributed by atoms with Crippen LogP contribution in [0, 0.1) is 10.1 Å². The summed E-state index contributed by atoms with van der Waals surface area (Å²) in [5.41, 5.74) is 6.27. The maximum atomic E-state index is 10.6. The largest absolute Gasteiger partial charge is 0.378 e. The molecule has 0 radical (unpaired) electrons. The summed E-state index contributed by atoms with van der Waals surface area (Å²) >= 11 is 1.65. The van der Waals surface area contributed by atoms with E-state index in [1.165, 1.54) is 0 Å². The predicted octanol–water partition coefficient (Wildman–Crippen LogP) is 2.38. The molecule has 0 atom stereocenters. The van der Waals surface area contributed by atoms with Crippen LogP contribution in [0.1, 0.15) is 31.5 Å². The van der Waals surface area contributed by atoms with Gasteiger partial charge in [-0.1, -0.05) is 20.8 Å². The first-order chi connectivity index (χ1) is 10.3. The first-order valence-electron chi connectivity index (χ1n) is 6.73. The molecular formula is C13H18N6O2S. The van der Waals surface area contributed by atoms with Crippen LogP contribution in [0.4, 0.5) is 17.5 Å². The zero-order valence-electron chi connectivity index (χ0n) is 12.7. The minimum atomic E-state index is -0.609. The fourth-order valence-corrected chi connectivity index (χ4v) is 2.62. The second-order valence-electron chi connectivity index (χ2n) is 5.79. The number of rotatable bonds is 5. The second-order valence-corrected chi connectivity index (χ2v) is 6.65. The topological polar surface area (TPSA) is 120 Å². The van der Waals surface area contributed by atoms with Crippen molar-refractivity contribution in [3.8, 4) is 0 Å². The number of anilines is 2. The van der Waals surface area contributed by atoms with Gasteiger partial charge in [-0.25, -0.2) is 9.97 Å². The quantitative estimate of drug-likeness (QED) is 0.640. The Morgan fingerprint density at radius 1 is 1.41 bits per heavy atom. The van der Waals surface area contributed by atoms with Gasteiger partial charge in [0.1, 0.15) is 6.20 Å². The molecule has 2 heterocycles. The molecule has 0 aliphatic carbocycles. The molecule has 118 valence electrons. The molecule has 0 bridgehead atoms. The zero-order chi connectivity index (χ0) is 16.3. The molecule has 0 aliphatic rings. The molecule has 8 nitrogen and oxygen atoms in total. The van der Waals surface area contributed by atoms with Crippen LogP contribution in [0.2, 0.25) is 0 Å². The van der Waals surface area contributed by atoms with E-state index in [1.54, 1.807) is 11.3 Å². The number of nitrogens with one attached hydrogen (secondary N) is 1. The molecule has 2 rings (SSSR count). The van der Waals surface area contributed by atoms with Crippen molar-refractivity contribution < 1.29 is 4.92 Å². The van der Waals surface area contributed by atoms with Crippen molar-refractivity contribution in [3.05, 3.63) is 32.4 Å². The summed E-state index contributed by atoms with van der Waals surface area (Å²) in [6.45, 7) is 6.95. The van der Waals surface area contributed by atoms with Gasteiger partial charge in [0, 0.05) is 23.8 Å². The van der Waals surface area contributed by atoms with Crippen LogP contribution in [0.25, 0.3) is 0 Å². The number of aromatic nitrogens is 3. The molecular weight excluding hydrogens is 304 g/mol. The Labute approximate surface area is 132 Å². The zero-order valence-corrected chi connectivity index (χ0v) is 13.5. The number of hydrogen-bond acceptors (Lipinski definition) is 8. The molecule has 3 N–H and O–H groups in total. The van der Waals surface area contributed by atoms with Gasteiger partial charge in [0.25, 0.3) is 0 Å². The van der Waals surface area contributed by atoms with Gasteiger partial charge in [0.2, 0.25) is 11.8 Å². The van der Waals surface area contributed by atoms with Gasteiger partial charge in [0.05, 0.1) is 15.6 Å². The summed E-state index contributed by atoms with van der Waals surface area (Å²) in [6, 6.07) is 0. The van der Waals surface area contributed by atoms with Crippen molar-refractivity contribution in [1.29, 1.82) is 0 Å². The van der Waals surface area contributed by atoms with Crippen molar-refractivity contribution in [3.63, 3.8) is 0 Å². The maximum Gasteiger partial charge on any atom is 0.329 e. The van der Waals surface area contributed by atoms with Crippen LogP contribution >= 0.6 is 11.3 Å². The van der Waals surface area contributed by atoms with E-state index in [1.807, 2.05) is 5.38 Å². The number of nitro groups is 1. The first kappa shape index (κ1) is 16.1. The number of nitrogens with zero attached hydrogens (tertiary/aromatic N) is 4. The van der Waals surface area contributed by atoms with E-state index in [-0.39, 0.29) is 22.9 Å². The molecule has 9 heteroatoms. The third kappa shape index (κ3) is 3.88. The fraction of sp³-hybridized carbons (Fsp3) is 0.462. The molecule has 2 aromatic heterocycles. The van der Waals surface area contributed by atoms with Crippen LogP contribution in [-0.4, -0.2) is 26.4 Å². The monoisotopic (exact) mass is 322 g/mol. The Morgan fingerprint density at radius 2 is 2.14 bits per heavy atom. The van der Waals surface area contributed by atoms with Crippen LogP contribution in [0.3, 0.4) is 0 Å². The molecule has 0 fully saturated rings. The van der Waals surface area contributed by atoms with E-state index in [0.717, 1.165) is 16.9 Å². The van der Waals surface area contributed by atoms with Crippen molar-refractivity contribution in [2.45, 2.75) is 32.6 Å². The first-order valence-corrected chi connectivity index (χ1v) is 7.61. The lowest BCUT2D eigenvalue weighted by Gasteiger charge is -2.13. The minimum absolute atomic E-state index is 0.0479. The summed E-state index contributed by atoms with van der Waals surface area (Å²) in [4.78, 5) is 22.4. The molecule has 0 saturated carbocycles. The van der Waals surface area contributed by atoms with Crippen molar-refractivity contribution in [2.75, 3.05) is 17.6 Å². The Morgan fingerprint density at radius 3 is 2.68 bits per heavy atom. The Bertz CT molecular complexity index is 679. The van der Waals surface area contributed by atoms with Gasteiger partial charge >= 0.3 is 5.69 Å². The van der Waals surface area contributed by atoms with Gasteiger partial charge in [0.15, 0.2) is 0 Å². The lowest BCUT2D eigenvalue weighted by atomic mass is 9.98. The third-order valence-corrected chi connectivity index (χ3v) is 4.17. The minimum Gasteiger partial charge on any atom is -0.378 e. The normalized spacial score (nSPS) is 11.4. The number of nitrogen functional groups attached to an aromatic ring is 1. The summed E-state index contributed by atoms with van der Waals surface area (Å²) < 4.78 is 0. The number of thiazole rings is 1. The van der Waals surface area contributed by atoms with E-state index in [2.05, 4.69) is 41.0 Å². The fourth-order valence-electron chi connectivity index (χ4n) is 1.68. The van der Waals surface area contributed by atoms with Gasteiger partial charge < -0.3 is 11.1 Å². The van der Waals surface area contributed by atoms with Crippen molar-refractivity contribution >= 4 is 28.8 Å². The molecule has 0 aromatic carbocycles. The van der Waals surface area contributed by atoms with Crippen LogP contribution in [0.5, 0.6) is 0 Å². The second kappa shape index (κ2) is 6.22. The van der Waals surface area contributed by atoms with E-state index < -0.39 is 4.92 Å². The average molecular weight is 322 g/mol. The van der Waals surface area contributed by atoms with Crippen LogP contribution in [0.15, 0.2) is 11.6 Å². The average Bonchev–Trinajstić information content (AvgIpc) is 2.87. The summed E-state index contributed by atoms with van der Waals surface area (Å²) in [6.07, 6.45) is 1.82. The van der Waals surface area contributed by atoms with Crippen LogP contribution < -0.4 is 11.1 Å². The lowest BCUT2D eigenvalue weighted by Crippen LogP contribution is -2.12. The van der Waals surface area contributed by atoms with E-state index >= 15 is 0 Å². The standard InChI is InChI=1S/C13H18N6O2S/c1-13(2,3)11-17-8(7-22-11)4-5-15-12-16-6-9(19(20)21)10(14)18-12/h6-7H,4-5H2,1-3H3,(H3,14,15,16,18). The van der Waals surface area contributed by atoms with Gasteiger partial charge in [-0.15, -0.1) is 11.3 Å². The van der Waals surface area contributed by atoms with Crippen LogP contribution in [-0.2, 0) is 11.8 Å². The van der Waals surface area contributed by atoms with Gasteiger partial charge in [-0.3, -0.25) is 10.1 Å². The lowest BCUT2D eigenvalue weighted by molar-refractivity contribution is -0.384. The van der Waals surface area contributed by atoms with Crippen molar-refractivity contribution in [2.24, 2.45) is 0 Å². The van der Waals surface area contributed by atoms with E-state index in [9.17, 15) is 10.1 Å². The summed E-state index contributed by atoms with van der Waals surface area (Å²) in [5.74, 6) is 0.126. The highest BCUT2D eigenvalue weighted by Gasteiger charge is 2.18. The van der Waals surface area contributed by atoms with Crippen molar-refractivity contribution in [1.82, 2.24) is 15.0 Å². The summed E-state index contributed by atoms with van der Waals surface area (Å²) in [7, 11) is 0. The van der Waals surface area contributed by atoms with Gasteiger partial charge in [-0.05, 0) is 0 Å². The molecule has 0 aliphatic heterocycles. The molecule has 0 unspecified atom stereocenters. The van der Waals surface area contributed by atoms with Gasteiger partial charge in [-0.2, -0.15) is 4.98 Å². The molecule has 0 saturated heterocycles. The SMILES string of the molecule is CC(C)(C)c1nc(CCNc2ncc([N+](=O)[O-])c(N)n2)cs1. The number of nitrogens with two attached hydrogens (primary N) is 1.